The molecule has 2 unspecified atom stereocenters. The summed E-state index contributed by atoms with van der Waals surface area (Å²) in [5.41, 5.74) is 0. The van der Waals surface area contributed by atoms with Gasteiger partial charge in [-0.2, -0.15) is 0 Å². The molecule has 6 heteroatoms. The minimum absolute atomic E-state index is 0.0121. The van der Waals surface area contributed by atoms with Crippen molar-refractivity contribution < 1.29 is 24.5 Å². The zero-order valence-corrected chi connectivity index (χ0v) is 41.9. The lowest BCUT2D eigenvalue weighted by Crippen LogP contribution is -2.45. The molecule has 368 valence electrons. The summed E-state index contributed by atoms with van der Waals surface area (Å²) in [4.78, 5) is 24.5. The molecule has 0 fully saturated rings. The van der Waals surface area contributed by atoms with Crippen LogP contribution in [0.25, 0.3) is 0 Å². The Morgan fingerprint density at radius 3 is 1.16 bits per heavy atom. The highest BCUT2D eigenvalue weighted by atomic mass is 16.5. The number of unbranched alkanes of at least 4 members (excludes halogenated alkanes) is 39. The predicted octanol–water partition coefficient (Wildman–Crippen LogP) is 16.9. The molecule has 62 heavy (non-hydrogen) atoms. The number of nitrogens with one attached hydrogen (secondary N) is 1. The van der Waals surface area contributed by atoms with Crippen molar-refractivity contribution >= 4 is 11.9 Å². The second-order valence-electron chi connectivity index (χ2n) is 19.3. The van der Waals surface area contributed by atoms with Gasteiger partial charge in [-0.05, 0) is 51.4 Å². The van der Waals surface area contributed by atoms with Gasteiger partial charge in [-0.25, -0.2) is 0 Å². The molecule has 0 saturated heterocycles. The first-order chi connectivity index (χ1) is 30.5. The number of aliphatic hydroxyl groups excluding tert-OH is 2. The van der Waals surface area contributed by atoms with Crippen LogP contribution in [0.1, 0.15) is 309 Å². The number of carbonyl (C=O) groups is 2. The van der Waals surface area contributed by atoms with Crippen LogP contribution >= 0.6 is 0 Å². The molecule has 0 radical (unpaired) electrons. The van der Waals surface area contributed by atoms with Gasteiger partial charge in [0.1, 0.15) is 0 Å². The van der Waals surface area contributed by atoms with Crippen LogP contribution < -0.4 is 5.32 Å². The van der Waals surface area contributed by atoms with E-state index in [0.29, 0.717) is 25.9 Å². The van der Waals surface area contributed by atoms with Gasteiger partial charge in [0.2, 0.25) is 5.91 Å². The third kappa shape index (κ3) is 48.1. The zero-order valence-electron chi connectivity index (χ0n) is 41.9. The first-order valence-corrected chi connectivity index (χ1v) is 27.9. The fraction of sp³-hybridized carbons (Fsp3) is 0.929. The van der Waals surface area contributed by atoms with E-state index in [9.17, 15) is 19.8 Å². The smallest absolute Gasteiger partial charge is 0.305 e. The van der Waals surface area contributed by atoms with Crippen LogP contribution in [0.15, 0.2) is 12.2 Å². The third-order valence-electron chi connectivity index (χ3n) is 13.1. The predicted molar refractivity (Wildman–Crippen MR) is 269 cm³/mol. The van der Waals surface area contributed by atoms with E-state index >= 15 is 0 Å². The molecular weight excluding hydrogens is 767 g/mol. The van der Waals surface area contributed by atoms with Gasteiger partial charge < -0.3 is 20.3 Å². The lowest BCUT2D eigenvalue weighted by atomic mass is 10.0. The molecule has 3 N–H and O–H groups in total. The van der Waals surface area contributed by atoms with Gasteiger partial charge in [0.25, 0.3) is 0 Å². The molecule has 0 rings (SSSR count). The van der Waals surface area contributed by atoms with Crippen molar-refractivity contribution in [2.75, 3.05) is 13.2 Å². The number of carbonyl (C=O) groups excluding carboxylic acids is 2. The monoisotopic (exact) mass is 876 g/mol. The SMILES string of the molecule is CCCCCCCCCCCCCCCCCCCCCCCC(O)C(CO)NC(=O)CCCCC/C=C\CCCCCCCCOC(=O)CCCCCCCCCCCCC. The number of hydrogen-bond donors (Lipinski definition) is 3. The Bertz CT molecular complexity index is 924. The summed E-state index contributed by atoms with van der Waals surface area (Å²) in [6.07, 6.45) is 60.5. The normalized spacial score (nSPS) is 12.6. The van der Waals surface area contributed by atoms with E-state index in [1.165, 1.54) is 205 Å². The summed E-state index contributed by atoms with van der Waals surface area (Å²) in [6.45, 7) is 4.92. The minimum Gasteiger partial charge on any atom is -0.466 e. The van der Waals surface area contributed by atoms with E-state index in [1.807, 2.05) is 0 Å². The van der Waals surface area contributed by atoms with E-state index in [0.717, 1.165) is 70.6 Å². The van der Waals surface area contributed by atoms with Gasteiger partial charge in [0.05, 0.1) is 25.4 Å². The Morgan fingerprint density at radius 2 is 0.758 bits per heavy atom. The average molecular weight is 876 g/mol. The average Bonchev–Trinajstić information content (AvgIpc) is 3.27. The van der Waals surface area contributed by atoms with Gasteiger partial charge in [-0.3, -0.25) is 9.59 Å². The van der Waals surface area contributed by atoms with Gasteiger partial charge in [0, 0.05) is 12.8 Å². The van der Waals surface area contributed by atoms with E-state index in [2.05, 4.69) is 31.3 Å². The van der Waals surface area contributed by atoms with Crippen LogP contribution in [0.4, 0.5) is 0 Å². The van der Waals surface area contributed by atoms with Crippen LogP contribution in [0.2, 0.25) is 0 Å². The highest BCUT2D eigenvalue weighted by molar-refractivity contribution is 5.76. The van der Waals surface area contributed by atoms with Crippen molar-refractivity contribution in [3.63, 3.8) is 0 Å². The Morgan fingerprint density at radius 1 is 0.435 bits per heavy atom. The fourth-order valence-corrected chi connectivity index (χ4v) is 8.75. The summed E-state index contributed by atoms with van der Waals surface area (Å²) in [6, 6.07) is -0.561. The molecule has 0 aromatic heterocycles. The van der Waals surface area contributed by atoms with Crippen molar-refractivity contribution in [2.45, 2.75) is 321 Å². The molecule has 0 aliphatic carbocycles. The summed E-state index contributed by atoms with van der Waals surface area (Å²) in [5.74, 6) is -0.0739. The maximum absolute atomic E-state index is 12.5. The Kier molecular flexibility index (Phi) is 51.0. The fourth-order valence-electron chi connectivity index (χ4n) is 8.75. The van der Waals surface area contributed by atoms with Crippen LogP contribution in [0.5, 0.6) is 0 Å². The van der Waals surface area contributed by atoms with Crippen molar-refractivity contribution in [2.24, 2.45) is 0 Å². The van der Waals surface area contributed by atoms with Crippen molar-refractivity contribution in [3.8, 4) is 0 Å². The topological polar surface area (TPSA) is 95.9 Å². The molecule has 1 amide bonds. The molecule has 6 nitrogen and oxygen atoms in total. The number of esters is 1. The molecule has 2 atom stereocenters. The van der Waals surface area contributed by atoms with E-state index < -0.39 is 12.1 Å². The molecule has 0 spiro atoms. The third-order valence-corrected chi connectivity index (χ3v) is 13.1. The van der Waals surface area contributed by atoms with Crippen LogP contribution in [-0.2, 0) is 14.3 Å². The van der Waals surface area contributed by atoms with Gasteiger partial charge in [-0.15, -0.1) is 0 Å². The molecule has 0 aliphatic heterocycles. The molecule has 0 aromatic rings. The standard InChI is InChI=1S/C56H109NO5/c1-3-5-7-9-11-13-15-16-17-18-19-20-21-22-23-25-29-32-36-40-44-48-54(59)53(52-58)57-55(60)49-45-41-37-33-30-26-24-27-31-35-39-43-47-51-62-56(61)50-46-42-38-34-28-14-12-10-8-6-4-2/h26,30,53-54,58-59H,3-25,27-29,31-52H2,1-2H3,(H,57,60)/b30-26-. The van der Waals surface area contributed by atoms with Crippen molar-refractivity contribution in [3.05, 3.63) is 12.2 Å². The minimum atomic E-state index is -0.681. The lowest BCUT2D eigenvalue weighted by Gasteiger charge is -2.22. The first kappa shape index (κ1) is 60.6. The van der Waals surface area contributed by atoms with E-state index in [4.69, 9.17) is 4.74 Å². The van der Waals surface area contributed by atoms with Crippen LogP contribution in [0.3, 0.4) is 0 Å². The molecule has 0 bridgehead atoms. The second kappa shape index (κ2) is 52.2. The number of allylic oxidation sites excluding steroid dienone is 2. The molecular formula is C56H109NO5. The highest BCUT2D eigenvalue weighted by Gasteiger charge is 2.20. The first-order valence-electron chi connectivity index (χ1n) is 27.9. The number of hydrogen-bond acceptors (Lipinski definition) is 5. The van der Waals surface area contributed by atoms with Crippen LogP contribution in [0, 0.1) is 0 Å². The van der Waals surface area contributed by atoms with Crippen molar-refractivity contribution in [1.82, 2.24) is 5.32 Å². The largest absolute Gasteiger partial charge is 0.466 e. The molecule has 0 heterocycles. The Hall–Kier alpha value is -1.40. The van der Waals surface area contributed by atoms with Crippen LogP contribution in [-0.4, -0.2) is 47.4 Å². The quantitative estimate of drug-likeness (QED) is 0.0321. The summed E-state index contributed by atoms with van der Waals surface area (Å²) < 4.78 is 5.44. The Labute approximate surface area is 387 Å². The Balaban J connectivity index is 3.49. The highest BCUT2D eigenvalue weighted by Crippen LogP contribution is 2.17. The van der Waals surface area contributed by atoms with Gasteiger partial charge in [0.15, 0.2) is 0 Å². The number of rotatable bonds is 52. The maximum atomic E-state index is 12.5. The molecule has 0 aliphatic rings. The molecule has 0 aromatic carbocycles. The number of aliphatic hydroxyl groups is 2. The zero-order chi connectivity index (χ0) is 45.1. The number of ether oxygens (including phenoxy) is 1. The molecule has 0 saturated carbocycles. The maximum Gasteiger partial charge on any atom is 0.305 e. The lowest BCUT2D eigenvalue weighted by molar-refractivity contribution is -0.143. The summed E-state index contributed by atoms with van der Waals surface area (Å²) >= 11 is 0. The van der Waals surface area contributed by atoms with Crippen molar-refractivity contribution in [1.29, 1.82) is 0 Å². The second-order valence-corrected chi connectivity index (χ2v) is 19.3. The van der Waals surface area contributed by atoms with Gasteiger partial charge >= 0.3 is 5.97 Å². The number of amides is 1. The van der Waals surface area contributed by atoms with E-state index in [-0.39, 0.29) is 18.5 Å². The van der Waals surface area contributed by atoms with Gasteiger partial charge in [-0.1, -0.05) is 257 Å². The summed E-state index contributed by atoms with van der Waals surface area (Å²) in [5, 5.41) is 23.3. The summed E-state index contributed by atoms with van der Waals surface area (Å²) in [7, 11) is 0. The van der Waals surface area contributed by atoms with E-state index in [1.54, 1.807) is 0 Å².